The van der Waals surface area contributed by atoms with Crippen LogP contribution in [-0.4, -0.2) is 46.0 Å². The molecule has 0 saturated carbocycles. The number of carboxylic acid groups (broad SMARTS) is 1. The molecule has 2 aliphatic heterocycles. The molecular formula is C36H45FN2O5. The lowest BCUT2D eigenvalue weighted by molar-refractivity contribution is -0.160. The van der Waals surface area contributed by atoms with Crippen LogP contribution < -0.4 is 9.64 Å². The SMILES string of the molecule is Cc1nc(CO)c(-c2ccc3c(c2)CC[C@H](Cc2ccc(F)cc2)O3)c(N2CCC(C)(C)CC2)c1[C@H](OC(C)(C)C)C(=O)O. The Balaban J connectivity index is 1.59. The highest BCUT2D eigenvalue weighted by molar-refractivity contribution is 5.88. The molecule has 0 spiro atoms. The van der Waals surface area contributed by atoms with E-state index in [-0.39, 0.29) is 23.9 Å². The molecule has 5 rings (SSSR count). The van der Waals surface area contributed by atoms with Crippen molar-refractivity contribution in [2.24, 2.45) is 5.41 Å². The van der Waals surface area contributed by atoms with Gasteiger partial charge in [-0.3, -0.25) is 4.98 Å². The number of aliphatic hydroxyl groups is 1. The van der Waals surface area contributed by atoms with Gasteiger partial charge in [0.2, 0.25) is 0 Å². The molecular weight excluding hydrogens is 559 g/mol. The van der Waals surface area contributed by atoms with Crippen molar-refractivity contribution in [2.45, 2.75) is 98.1 Å². The summed E-state index contributed by atoms with van der Waals surface area (Å²) < 4.78 is 26.0. The first kappa shape index (κ1) is 31.9. The Morgan fingerprint density at radius 3 is 2.45 bits per heavy atom. The van der Waals surface area contributed by atoms with Gasteiger partial charge in [-0.25, -0.2) is 9.18 Å². The fourth-order valence-corrected chi connectivity index (χ4v) is 6.37. The number of fused-ring (bicyclic) bond motifs is 1. The number of carbonyl (C=O) groups is 1. The van der Waals surface area contributed by atoms with E-state index in [2.05, 4.69) is 24.8 Å². The molecule has 3 aromatic rings. The summed E-state index contributed by atoms with van der Waals surface area (Å²) in [5, 5.41) is 21.0. The van der Waals surface area contributed by atoms with E-state index in [9.17, 15) is 19.4 Å². The smallest absolute Gasteiger partial charge is 0.337 e. The third-order valence-electron chi connectivity index (χ3n) is 8.77. The van der Waals surface area contributed by atoms with Crippen LogP contribution in [0.1, 0.15) is 88.1 Å². The van der Waals surface area contributed by atoms with Crippen LogP contribution in [0.25, 0.3) is 11.1 Å². The van der Waals surface area contributed by atoms with Gasteiger partial charge >= 0.3 is 5.97 Å². The van der Waals surface area contributed by atoms with Crippen molar-refractivity contribution in [2.75, 3.05) is 18.0 Å². The molecule has 2 atom stereocenters. The molecule has 0 unspecified atom stereocenters. The average molecular weight is 605 g/mol. The number of hydrogen-bond donors (Lipinski definition) is 2. The summed E-state index contributed by atoms with van der Waals surface area (Å²) in [5.74, 6) is -0.518. The zero-order valence-electron chi connectivity index (χ0n) is 26.7. The zero-order chi connectivity index (χ0) is 31.8. The van der Waals surface area contributed by atoms with Crippen LogP contribution in [0.2, 0.25) is 0 Å². The third kappa shape index (κ3) is 7.08. The van der Waals surface area contributed by atoms with E-state index in [1.807, 2.05) is 32.9 Å². The Morgan fingerprint density at radius 1 is 1.16 bits per heavy atom. The predicted octanol–water partition coefficient (Wildman–Crippen LogP) is 7.19. The summed E-state index contributed by atoms with van der Waals surface area (Å²) in [6, 6.07) is 12.6. The van der Waals surface area contributed by atoms with Gasteiger partial charge in [0.1, 0.15) is 17.7 Å². The lowest BCUT2D eigenvalue weighted by Crippen LogP contribution is -2.39. The first-order chi connectivity index (χ1) is 20.7. The molecule has 2 N–H and O–H groups in total. The molecule has 1 aromatic heterocycles. The number of ether oxygens (including phenoxy) is 2. The van der Waals surface area contributed by atoms with Gasteiger partial charge in [0.05, 0.1) is 23.6 Å². The summed E-state index contributed by atoms with van der Waals surface area (Å²) in [4.78, 5) is 19.8. The molecule has 0 bridgehead atoms. The van der Waals surface area contributed by atoms with E-state index >= 15 is 0 Å². The summed E-state index contributed by atoms with van der Waals surface area (Å²) in [6.45, 7) is 13.1. The van der Waals surface area contributed by atoms with Crippen molar-refractivity contribution in [3.8, 4) is 16.9 Å². The number of aliphatic carboxylic acids is 1. The summed E-state index contributed by atoms with van der Waals surface area (Å²) >= 11 is 0. The lowest BCUT2D eigenvalue weighted by Gasteiger charge is -2.41. The van der Waals surface area contributed by atoms with E-state index in [4.69, 9.17) is 14.5 Å². The minimum atomic E-state index is -1.23. The van der Waals surface area contributed by atoms with Crippen molar-refractivity contribution >= 4 is 11.7 Å². The maximum Gasteiger partial charge on any atom is 0.337 e. The maximum atomic E-state index is 13.4. The lowest BCUT2D eigenvalue weighted by atomic mass is 9.81. The summed E-state index contributed by atoms with van der Waals surface area (Å²) in [6.07, 6.45) is 2.96. The molecule has 1 saturated heterocycles. The first-order valence-electron chi connectivity index (χ1n) is 15.6. The van der Waals surface area contributed by atoms with Gasteiger partial charge in [0.15, 0.2) is 6.10 Å². The fraction of sp³-hybridized carbons (Fsp3) is 0.500. The first-order valence-corrected chi connectivity index (χ1v) is 15.6. The predicted molar refractivity (Wildman–Crippen MR) is 170 cm³/mol. The largest absolute Gasteiger partial charge is 0.490 e. The second-order valence-electron chi connectivity index (χ2n) is 14.0. The number of piperidine rings is 1. The van der Waals surface area contributed by atoms with Crippen LogP contribution >= 0.6 is 0 Å². The molecule has 3 heterocycles. The quantitative estimate of drug-likeness (QED) is 0.281. The molecule has 7 nitrogen and oxygen atoms in total. The number of hydrogen-bond acceptors (Lipinski definition) is 6. The van der Waals surface area contributed by atoms with Crippen LogP contribution in [-0.2, 0) is 29.0 Å². The number of rotatable bonds is 8. The molecule has 0 amide bonds. The number of pyridine rings is 1. The number of nitrogens with zero attached hydrogens (tertiary/aromatic N) is 2. The van der Waals surface area contributed by atoms with Crippen LogP contribution in [0.4, 0.5) is 10.1 Å². The van der Waals surface area contributed by atoms with Gasteiger partial charge in [0.25, 0.3) is 0 Å². The molecule has 0 radical (unpaired) electrons. The fourth-order valence-electron chi connectivity index (χ4n) is 6.37. The highest BCUT2D eigenvalue weighted by Gasteiger charge is 2.37. The van der Waals surface area contributed by atoms with Crippen LogP contribution in [0.5, 0.6) is 5.75 Å². The molecule has 8 heteroatoms. The van der Waals surface area contributed by atoms with Gasteiger partial charge in [-0.05, 0) is 99.7 Å². The van der Waals surface area contributed by atoms with Gasteiger partial charge < -0.3 is 24.6 Å². The Bertz CT molecular complexity index is 1500. The van der Waals surface area contributed by atoms with E-state index in [1.165, 1.54) is 12.1 Å². The minimum Gasteiger partial charge on any atom is -0.490 e. The number of carboxylic acids is 1. The normalized spacial score (nSPS) is 18.8. The molecule has 2 aliphatic rings. The maximum absolute atomic E-state index is 13.4. The van der Waals surface area contributed by atoms with Gasteiger partial charge in [0, 0.05) is 36.3 Å². The van der Waals surface area contributed by atoms with Crippen LogP contribution in [0.15, 0.2) is 42.5 Å². The average Bonchev–Trinajstić information content (AvgIpc) is 2.96. The summed E-state index contributed by atoms with van der Waals surface area (Å²) in [7, 11) is 0. The van der Waals surface area contributed by atoms with E-state index in [1.54, 1.807) is 19.1 Å². The number of halogens is 1. The monoisotopic (exact) mass is 604 g/mol. The Labute approximate surface area is 260 Å². The van der Waals surface area contributed by atoms with Gasteiger partial charge in [-0.1, -0.05) is 32.0 Å². The van der Waals surface area contributed by atoms with Crippen molar-refractivity contribution in [1.29, 1.82) is 0 Å². The molecule has 0 aliphatic carbocycles. The highest BCUT2D eigenvalue weighted by atomic mass is 19.1. The van der Waals surface area contributed by atoms with Crippen molar-refractivity contribution in [1.82, 2.24) is 4.98 Å². The number of aliphatic hydroxyl groups excluding tert-OH is 1. The third-order valence-corrected chi connectivity index (χ3v) is 8.77. The zero-order valence-corrected chi connectivity index (χ0v) is 26.7. The van der Waals surface area contributed by atoms with E-state index in [0.29, 0.717) is 23.4 Å². The highest BCUT2D eigenvalue weighted by Crippen LogP contribution is 2.46. The minimum absolute atomic E-state index is 0.0161. The van der Waals surface area contributed by atoms with Crippen molar-refractivity contribution in [3.05, 3.63) is 76.4 Å². The molecule has 44 heavy (non-hydrogen) atoms. The number of anilines is 1. The van der Waals surface area contributed by atoms with Crippen LogP contribution in [0.3, 0.4) is 0 Å². The van der Waals surface area contributed by atoms with E-state index in [0.717, 1.165) is 72.5 Å². The Morgan fingerprint density at radius 2 is 1.84 bits per heavy atom. The van der Waals surface area contributed by atoms with Gasteiger partial charge in [-0.2, -0.15) is 0 Å². The Hall–Kier alpha value is -3.49. The second kappa shape index (κ2) is 12.5. The molecule has 236 valence electrons. The molecule has 1 fully saturated rings. The van der Waals surface area contributed by atoms with Crippen molar-refractivity contribution < 1.29 is 28.9 Å². The number of aryl methyl sites for hydroxylation is 2. The van der Waals surface area contributed by atoms with Crippen LogP contribution in [0, 0.1) is 18.2 Å². The van der Waals surface area contributed by atoms with Gasteiger partial charge in [-0.15, -0.1) is 0 Å². The number of aromatic nitrogens is 1. The Kier molecular flexibility index (Phi) is 9.06. The standard InChI is InChI=1S/C36H45FN2O5/c1-22-30(33(34(41)42)44-35(2,3)4)32(39-17-15-36(5,6)16-18-39)31(28(21-40)38-22)25-10-14-29-24(20-25)9-13-27(43-29)19-23-7-11-26(37)12-8-23/h7-8,10-12,14,20,27,33,40H,9,13,15-19,21H2,1-6H3,(H,41,42)/t27-,33+/m1/s1. The molecule has 2 aromatic carbocycles. The summed E-state index contributed by atoms with van der Waals surface area (Å²) in [5.41, 5.74) is 5.52. The second-order valence-corrected chi connectivity index (χ2v) is 14.0. The van der Waals surface area contributed by atoms with Crippen molar-refractivity contribution in [3.63, 3.8) is 0 Å². The topological polar surface area (TPSA) is 92.1 Å². The van der Waals surface area contributed by atoms with E-state index < -0.39 is 17.7 Å². The number of benzene rings is 2.